The average molecular weight is 305 g/mol. The number of fused-ring (bicyclic) bond motifs is 1. The van der Waals surface area contributed by atoms with E-state index in [0.717, 1.165) is 43.2 Å². The van der Waals surface area contributed by atoms with Crippen LogP contribution in [0.15, 0.2) is 24.3 Å². The first-order chi connectivity index (χ1) is 10.2. The molecule has 0 bridgehead atoms. The standard InChI is InChI=1S/C15H19N3O2S/c19-15(20)5-6-17-7-9-18(10-8-17)11-14-16-12-3-1-2-4-13(12)21-14/h1-4H,5-11H2,(H,19,20). The number of carboxylic acid groups (broad SMARTS) is 1. The molecule has 1 N–H and O–H groups in total. The van der Waals surface area contributed by atoms with Crippen LogP contribution in [-0.4, -0.2) is 58.6 Å². The number of aliphatic carboxylic acids is 1. The van der Waals surface area contributed by atoms with Crippen molar-refractivity contribution in [2.24, 2.45) is 0 Å². The first-order valence-electron chi connectivity index (χ1n) is 7.22. The Balaban J connectivity index is 1.52. The van der Waals surface area contributed by atoms with Crippen LogP contribution in [0, 0.1) is 0 Å². The summed E-state index contributed by atoms with van der Waals surface area (Å²) in [5.41, 5.74) is 1.08. The fraction of sp³-hybridized carbons (Fsp3) is 0.467. The van der Waals surface area contributed by atoms with Gasteiger partial charge in [0.15, 0.2) is 0 Å². The lowest BCUT2D eigenvalue weighted by Gasteiger charge is -2.33. The number of benzene rings is 1. The van der Waals surface area contributed by atoms with E-state index in [1.165, 1.54) is 4.70 Å². The lowest BCUT2D eigenvalue weighted by atomic mass is 10.3. The molecule has 0 radical (unpaired) electrons. The van der Waals surface area contributed by atoms with Crippen molar-refractivity contribution in [3.05, 3.63) is 29.3 Å². The maximum Gasteiger partial charge on any atom is 0.304 e. The van der Waals surface area contributed by atoms with E-state index >= 15 is 0 Å². The highest BCUT2D eigenvalue weighted by atomic mass is 32.1. The van der Waals surface area contributed by atoms with Crippen LogP contribution in [0.4, 0.5) is 0 Å². The second-order valence-corrected chi connectivity index (χ2v) is 6.45. The van der Waals surface area contributed by atoms with E-state index in [-0.39, 0.29) is 6.42 Å². The van der Waals surface area contributed by atoms with Gasteiger partial charge in [-0.3, -0.25) is 9.69 Å². The Morgan fingerprint density at radius 1 is 1.19 bits per heavy atom. The summed E-state index contributed by atoms with van der Waals surface area (Å²) in [6.45, 7) is 5.40. The van der Waals surface area contributed by atoms with Crippen molar-refractivity contribution in [3.63, 3.8) is 0 Å². The van der Waals surface area contributed by atoms with Gasteiger partial charge in [-0.05, 0) is 12.1 Å². The molecule has 1 fully saturated rings. The lowest BCUT2D eigenvalue weighted by Crippen LogP contribution is -2.46. The topological polar surface area (TPSA) is 56.7 Å². The van der Waals surface area contributed by atoms with E-state index in [0.29, 0.717) is 6.54 Å². The van der Waals surface area contributed by atoms with Gasteiger partial charge in [0.25, 0.3) is 0 Å². The van der Waals surface area contributed by atoms with Crippen LogP contribution in [0.3, 0.4) is 0 Å². The molecule has 5 nitrogen and oxygen atoms in total. The molecule has 112 valence electrons. The number of aromatic nitrogens is 1. The second kappa shape index (κ2) is 6.51. The molecule has 1 aromatic carbocycles. The summed E-state index contributed by atoms with van der Waals surface area (Å²) >= 11 is 1.76. The van der Waals surface area contributed by atoms with Gasteiger partial charge in [0.2, 0.25) is 0 Å². The predicted molar refractivity (Wildman–Crippen MR) is 83.6 cm³/mol. The Labute approximate surface area is 127 Å². The van der Waals surface area contributed by atoms with Gasteiger partial charge in [-0.15, -0.1) is 11.3 Å². The largest absolute Gasteiger partial charge is 0.481 e. The maximum atomic E-state index is 10.6. The van der Waals surface area contributed by atoms with Crippen LogP contribution < -0.4 is 0 Å². The SMILES string of the molecule is O=C(O)CCN1CCN(Cc2nc3ccccc3s2)CC1. The van der Waals surface area contributed by atoms with Gasteiger partial charge in [0.05, 0.1) is 23.2 Å². The molecule has 2 heterocycles. The number of hydrogen-bond acceptors (Lipinski definition) is 5. The van der Waals surface area contributed by atoms with Crippen molar-refractivity contribution in [2.45, 2.75) is 13.0 Å². The van der Waals surface area contributed by atoms with E-state index < -0.39 is 5.97 Å². The van der Waals surface area contributed by atoms with Crippen molar-refractivity contribution in [1.29, 1.82) is 0 Å². The second-order valence-electron chi connectivity index (χ2n) is 5.34. The number of piperazine rings is 1. The average Bonchev–Trinajstić information content (AvgIpc) is 2.88. The summed E-state index contributed by atoms with van der Waals surface area (Å²) < 4.78 is 1.24. The zero-order valence-electron chi connectivity index (χ0n) is 11.9. The fourth-order valence-corrected chi connectivity index (χ4v) is 3.61. The van der Waals surface area contributed by atoms with E-state index in [1.54, 1.807) is 11.3 Å². The van der Waals surface area contributed by atoms with Crippen LogP contribution in [0.2, 0.25) is 0 Å². The van der Waals surface area contributed by atoms with Crippen molar-refractivity contribution >= 4 is 27.5 Å². The summed E-state index contributed by atoms with van der Waals surface area (Å²) in [4.78, 5) is 19.9. The molecule has 0 atom stereocenters. The molecule has 2 aromatic rings. The minimum atomic E-state index is -0.716. The molecular weight excluding hydrogens is 286 g/mol. The highest BCUT2D eigenvalue weighted by Crippen LogP contribution is 2.22. The minimum absolute atomic E-state index is 0.234. The Hall–Kier alpha value is -1.50. The van der Waals surface area contributed by atoms with Gasteiger partial charge in [-0.2, -0.15) is 0 Å². The van der Waals surface area contributed by atoms with Crippen LogP contribution in [0.5, 0.6) is 0 Å². The van der Waals surface area contributed by atoms with Crippen molar-refractivity contribution in [3.8, 4) is 0 Å². The summed E-state index contributed by atoms with van der Waals surface area (Å²) in [7, 11) is 0. The molecule has 1 aromatic heterocycles. The number of hydrogen-bond donors (Lipinski definition) is 1. The number of rotatable bonds is 5. The monoisotopic (exact) mass is 305 g/mol. The third kappa shape index (κ3) is 3.78. The molecule has 1 saturated heterocycles. The zero-order chi connectivity index (χ0) is 14.7. The molecule has 1 aliphatic heterocycles. The Kier molecular flexibility index (Phi) is 4.48. The Bertz CT molecular complexity index is 587. The number of para-hydroxylation sites is 1. The van der Waals surface area contributed by atoms with Gasteiger partial charge in [-0.25, -0.2) is 4.98 Å². The first-order valence-corrected chi connectivity index (χ1v) is 8.03. The maximum absolute atomic E-state index is 10.6. The molecule has 1 aliphatic rings. The van der Waals surface area contributed by atoms with Gasteiger partial charge in [-0.1, -0.05) is 12.1 Å². The van der Waals surface area contributed by atoms with Crippen molar-refractivity contribution in [2.75, 3.05) is 32.7 Å². The van der Waals surface area contributed by atoms with Gasteiger partial charge in [0.1, 0.15) is 5.01 Å². The molecule has 0 amide bonds. The van der Waals surface area contributed by atoms with E-state index in [4.69, 9.17) is 5.11 Å². The highest BCUT2D eigenvalue weighted by Gasteiger charge is 2.18. The molecule has 0 aliphatic carbocycles. The normalized spacial score (nSPS) is 17.3. The van der Waals surface area contributed by atoms with Crippen molar-refractivity contribution < 1.29 is 9.90 Å². The molecule has 3 rings (SSSR count). The predicted octanol–water partition coefficient (Wildman–Crippen LogP) is 1.89. The smallest absolute Gasteiger partial charge is 0.304 e. The molecular formula is C15H19N3O2S. The summed E-state index contributed by atoms with van der Waals surface area (Å²) in [5.74, 6) is -0.716. The first kappa shape index (κ1) is 14.4. The molecule has 21 heavy (non-hydrogen) atoms. The number of carboxylic acids is 1. The van der Waals surface area contributed by atoms with Crippen LogP contribution in [-0.2, 0) is 11.3 Å². The van der Waals surface area contributed by atoms with Crippen LogP contribution >= 0.6 is 11.3 Å². The van der Waals surface area contributed by atoms with Gasteiger partial charge < -0.3 is 10.0 Å². The molecule has 0 spiro atoms. The minimum Gasteiger partial charge on any atom is -0.481 e. The fourth-order valence-electron chi connectivity index (χ4n) is 2.60. The summed E-state index contributed by atoms with van der Waals surface area (Å²) in [6.07, 6.45) is 0.234. The Morgan fingerprint density at radius 3 is 2.62 bits per heavy atom. The summed E-state index contributed by atoms with van der Waals surface area (Å²) in [6, 6.07) is 8.23. The summed E-state index contributed by atoms with van der Waals surface area (Å²) in [5, 5.41) is 9.88. The molecule has 0 saturated carbocycles. The van der Waals surface area contributed by atoms with Crippen LogP contribution in [0.1, 0.15) is 11.4 Å². The number of carbonyl (C=O) groups is 1. The van der Waals surface area contributed by atoms with Crippen molar-refractivity contribution in [1.82, 2.24) is 14.8 Å². The third-order valence-electron chi connectivity index (χ3n) is 3.80. The van der Waals surface area contributed by atoms with E-state index in [9.17, 15) is 4.79 Å². The number of nitrogens with zero attached hydrogens (tertiary/aromatic N) is 3. The van der Waals surface area contributed by atoms with Crippen LogP contribution in [0.25, 0.3) is 10.2 Å². The highest BCUT2D eigenvalue weighted by molar-refractivity contribution is 7.18. The van der Waals surface area contributed by atoms with Gasteiger partial charge >= 0.3 is 5.97 Å². The van der Waals surface area contributed by atoms with E-state index in [2.05, 4.69) is 26.9 Å². The lowest BCUT2D eigenvalue weighted by molar-refractivity contribution is -0.137. The zero-order valence-corrected chi connectivity index (χ0v) is 12.7. The van der Waals surface area contributed by atoms with E-state index in [1.807, 2.05) is 12.1 Å². The van der Waals surface area contributed by atoms with Gasteiger partial charge in [0, 0.05) is 32.7 Å². The Morgan fingerprint density at radius 2 is 1.90 bits per heavy atom. The third-order valence-corrected chi connectivity index (χ3v) is 4.82. The quantitative estimate of drug-likeness (QED) is 0.914. The number of thiazole rings is 1. The molecule has 6 heteroatoms. The molecule has 0 unspecified atom stereocenters.